The second-order valence-corrected chi connectivity index (χ2v) is 8.93. The zero-order chi connectivity index (χ0) is 21.7. The molecule has 5 rings (SSSR count). The molecule has 6 nitrogen and oxygen atoms in total. The summed E-state index contributed by atoms with van der Waals surface area (Å²) in [5.41, 5.74) is 5.58. The Kier molecular flexibility index (Phi) is 4.62. The first-order valence-corrected chi connectivity index (χ1v) is 10.8. The predicted molar refractivity (Wildman–Crippen MR) is 126 cm³/mol. The lowest BCUT2D eigenvalue weighted by Gasteiger charge is -2.12. The van der Waals surface area contributed by atoms with Gasteiger partial charge in [-0.25, -0.2) is 9.97 Å². The van der Waals surface area contributed by atoms with E-state index in [1.54, 1.807) is 4.68 Å². The number of nitrogens with zero attached hydrogens (tertiary/aromatic N) is 5. The van der Waals surface area contributed by atoms with E-state index in [0.29, 0.717) is 27.4 Å². The summed E-state index contributed by atoms with van der Waals surface area (Å²) in [5.74, 6) is 1.17. The molecule has 3 heterocycles. The molecule has 0 bridgehead atoms. The van der Waals surface area contributed by atoms with Gasteiger partial charge in [0.15, 0.2) is 16.8 Å². The molecule has 0 saturated carbocycles. The van der Waals surface area contributed by atoms with E-state index in [0.717, 1.165) is 32.2 Å². The fourth-order valence-electron chi connectivity index (χ4n) is 3.71. The van der Waals surface area contributed by atoms with Gasteiger partial charge in [0.05, 0.1) is 21.9 Å². The van der Waals surface area contributed by atoms with Crippen LogP contribution in [0.25, 0.3) is 26.9 Å². The van der Waals surface area contributed by atoms with Crippen molar-refractivity contribution in [3.05, 3.63) is 69.9 Å². The minimum atomic E-state index is 0.414. The Bertz CT molecular complexity index is 1530. The number of nitriles is 1. The first kappa shape index (κ1) is 19.5. The molecule has 31 heavy (non-hydrogen) atoms. The van der Waals surface area contributed by atoms with E-state index >= 15 is 0 Å². The van der Waals surface area contributed by atoms with Crippen LogP contribution in [-0.4, -0.2) is 19.7 Å². The Hall–Kier alpha value is -3.47. The van der Waals surface area contributed by atoms with Crippen LogP contribution in [0.5, 0.6) is 0 Å². The van der Waals surface area contributed by atoms with E-state index in [1.807, 2.05) is 24.3 Å². The van der Waals surface area contributed by atoms with E-state index in [2.05, 4.69) is 54.4 Å². The van der Waals surface area contributed by atoms with E-state index in [4.69, 9.17) is 16.6 Å². The number of halogens is 1. The van der Waals surface area contributed by atoms with Gasteiger partial charge in [-0.1, -0.05) is 34.6 Å². The number of hydrogen-bond acceptors (Lipinski definition) is 6. The molecule has 0 unspecified atom stereocenters. The molecule has 0 fully saturated rings. The van der Waals surface area contributed by atoms with Gasteiger partial charge in [-0.05, 0) is 62.2 Å². The van der Waals surface area contributed by atoms with Gasteiger partial charge in [0, 0.05) is 10.4 Å². The minimum absolute atomic E-state index is 0.414. The van der Waals surface area contributed by atoms with Crippen LogP contribution in [0.1, 0.15) is 22.3 Å². The predicted octanol–water partition coefficient (Wildman–Crippen LogP) is 6.22. The third-order valence-corrected chi connectivity index (χ3v) is 6.29. The first-order chi connectivity index (χ1) is 14.9. The van der Waals surface area contributed by atoms with E-state index in [1.165, 1.54) is 23.1 Å². The zero-order valence-electron chi connectivity index (χ0n) is 17.1. The monoisotopic (exact) mass is 444 g/mol. The summed E-state index contributed by atoms with van der Waals surface area (Å²) in [6, 6.07) is 14.0. The van der Waals surface area contributed by atoms with Crippen LogP contribution in [0.3, 0.4) is 0 Å². The number of aromatic nitrogens is 4. The maximum absolute atomic E-state index is 9.64. The number of nitrogens with one attached hydrogen (secondary N) is 1. The summed E-state index contributed by atoms with van der Waals surface area (Å²) in [7, 11) is 0. The molecule has 1 N–H and O–H groups in total. The average Bonchev–Trinajstić information content (AvgIpc) is 3.31. The van der Waals surface area contributed by atoms with Crippen molar-refractivity contribution in [2.45, 2.75) is 20.8 Å². The quantitative estimate of drug-likeness (QED) is 0.357. The van der Waals surface area contributed by atoms with Crippen molar-refractivity contribution in [1.29, 1.82) is 5.26 Å². The summed E-state index contributed by atoms with van der Waals surface area (Å²) < 4.78 is 2.62. The molecule has 2 aromatic carbocycles. The topological polar surface area (TPSA) is 79.4 Å². The van der Waals surface area contributed by atoms with E-state index in [9.17, 15) is 5.26 Å². The molecule has 0 spiro atoms. The summed E-state index contributed by atoms with van der Waals surface area (Å²) in [6.45, 7) is 6.20. The molecular weight excluding hydrogens is 428 g/mol. The number of pyridine rings is 1. The molecule has 0 aliphatic heterocycles. The third kappa shape index (κ3) is 3.40. The van der Waals surface area contributed by atoms with Crippen LogP contribution in [0, 0.1) is 32.1 Å². The number of fused-ring (bicyclic) bond motifs is 2. The van der Waals surface area contributed by atoms with Crippen LogP contribution in [0.2, 0.25) is 5.02 Å². The van der Waals surface area contributed by atoms with Gasteiger partial charge < -0.3 is 5.32 Å². The van der Waals surface area contributed by atoms with Gasteiger partial charge in [-0.3, -0.25) is 0 Å². The van der Waals surface area contributed by atoms with Gasteiger partial charge in [-0.15, -0.1) is 0 Å². The Morgan fingerprint density at radius 3 is 2.71 bits per heavy atom. The highest BCUT2D eigenvalue weighted by atomic mass is 35.5. The first-order valence-electron chi connectivity index (χ1n) is 9.63. The Balaban J connectivity index is 1.64. The molecule has 5 aromatic rings. The largest absolute Gasteiger partial charge is 0.315 e. The molecule has 0 aliphatic rings. The van der Waals surface area contributed by atoms with Crippen molar-refractivity contribution >= 4 is 55.0 Å². The molecule has 152 valence electrons. The number of anilines is 2. The molecule has 3 aromatic heterocycles. The summed E-state index contributed by atoms with van der Waals surface area (Å²) in [6.07, 6.45) is 1.54. The Morgan fingerprint density at radius 1 is 1.06 bits per heavy atom. The highest BCUT2D eigenvalue weighted by molar-refractivity contribution is 7.22. The minimum Gasteiger partial charge on any atom is -0.315 e. The summed E-state index contributed by atoms with van der Waals surface area (Å²) >= 11 is 7.57. The van der Waals surface area contributed by atoms with Crippen molar-refractivity contribution in [2.24, 2.45) is 0 Å². The SMILES string of the molecule is Cc1cc(C)c2nc(-n3ncc(C#N)c3Nc3nc4ccc(Cl)cc4s3)cc(C)c2c1. The van der Waals surface area contributed by atoms with Gasteiger partial charge in [0.1, 0.15) is 11.6 Å². The van der Waals surface area contributed by atoms with Gasteiger partial charge >= 0.3 is 0 Å². The number of benzene rings is 2. The average molecular weight is 445 g/mol. The van der Waals surface area contributed by atoms with Crippen molar-refractivity contribution in [2.75, 3.05) is 5.32 Å². The van der Waals surface area contributed by atoms with Gasteiger partial charge in [0.2, 0.25) is 0 Å². The van der Waals surface area contributed by atoms with Crippen LogP contribution >= 0.6 is 22.9 Å². The van der Waals surface area contributed by atoms with Crippen molar-refractivity contribution < 1.29 is 0 Å². The Morgan fingerprint density at radius 2 is 1.90 bits per heavy atom. The van der Waals surface area contributed by atoms with Gasteiger partial charge in [0.25, 0.3) is 0 Å². The second kappa shape index (κ2) is 7.34. The van der Waals surface area contributed by atoms with Crippen molar-refractivity contribution in [3.63, 3.8) is 0 Å². The van der Waals surface area contributed by atoms with Crippen LogP contribution in [0.4, 0.5) is 10.9 Å². The number of hydrogen-bond donors (Lipinski definition) is 1. The second-order valence-electron chi connectivity index (χ2n) is 7.46. The molecule has 0 aliphatic carbocycles. The Labute approximate surface area is 187 Å². The van der Waals surface area contributed by atoms with Gasteiger partial charge in [-0.2, -0.15) is 15.0 Å². The van der Waals surface area contributed by atoms with Crippen molar-refractivity contribution in [3.8, 4) is 11.9 Å². The maximum Gasteiger partial charge on any atom is 0.189 e. The number of rotatable bonds is 3. The lowest BCUT2D eigenvalue weighted by atomic mass is 10.0. The molecular formula is C23H17ClN6S. The number of aryl methyl sites for hydroxylation is 3. The highest BCUT2D eigenvalue weighted by Gasteiger charge is 2.17. The zero-order valence-corrected chi connectivity index (χ0v) is 18.6. The third-order valence-electron chi connectivity index (χ3n) is 5.12. The smallest absolute Gasteiger partial charge is 0.189 e. The molecule has 8 heteroatoms. The van der Waals surface area contributed by atoms with E-state index in [-0.39, 0.29) is 0 Å². The summed E-state index contributed by atoms with van der Waals surface area (Å²) in [4.78, 5) is 9.48. The van der Waals surface area contributed by atoms with Crippen LogP contribution in [-0.2, 0) is 0 Å². The maximum atomic E-state index is 9.64. The number of thiazole rings is 1. The standard InChI is InChI=1S/C23H17ClN6S/c1-12-6-14(3)21-17(7-12)13(2)8-20(28-21)30-22(15(10-25)11-26-30)29-23-27-18-5-4-16(24)9-19(18)31-23/h4-9,11H,1-3H3,(H,27,29). The molecule has 0 atom stereocenters. The fourth-order valence-corrected chi connectivity index (χ4v) is 4.85. The van der Waals surface area contributed by atoms with E-state index < -0.39 is 0 Å². The normalized spacial score (nSPS) is 11.2. The van der Waals surface area contributed by atoms with Crippen LogP contribution in [0.15, 0.2) is 42.6 Å². The molecule has 0 amide bonds. The van der Waals surface area contributed by atoms with Crippen LogP contribution < -0.4 is 5.32 Å². The lowest BCUT2D eigenvalue weighted by molar-refractivity contribution is 0.858. The molecule has 0 radical (unpaired) electrons. The fraction of sp³-hybridized carbons (Fsp3) is 0.130. The summed E-state index contributed by atoms with van der Waals surface area (Å²) in [5, 5.41) is 19.8. The van der Waals surface area contributed by atoms with Crippen molar-refractivity contribution in [1.82, 2.24) is 19.7 Å². The lowest BCUT2D eigenvalue weighted by Crippen LogP contribution is -2.06. The highest BCUT2D eigenvalue weighted by Crippen LogP contribution is 2.32. The molecule has 0 saturated heterocycles.